The number of sulfonamides is 1. The number of nitrogens with one attached hydrogen (secondary N) is 2. The van der Waals surface area contributed by atoms with Crippen LogP contribution in [0.1, 0.15) is 25.7 Å². The van der Waals surface area contributed by atoms with Gasteiger partial charge in [-0.15, -0.1) is 11.3 Å². The number of anilines is 2. The van der Waals surface area contributed by atoms with Gasteiger partial charge in [0.05, 0.1) is 10.7 Å². The predicted molar refractivity (Wildman–Crippen MR) is 115 cm³/mol. The zero-order chi connectivity index (χ0) is 20.8. The molecule has 1 heterocycles. The molecule has 2 aromatic rings. The third-order valence-corrected chi connectivity index (χ3v) is 8.59. The van der Waals surface area contributed by atoms with Crippen LogP contribution in [0.25, 0.3) is 0 Å². The molecule has 10 heteroatoms. The van der Waals surface area contributed by atoms with E-state index >= 15 is 0 Å². The van der Waals surface area contributed by atoms with Crippen molar-refractivity contribution in [2.75, 3.05) is 24.1 Å². The van der Waals surface area contributed by atoms with Crippen molar-refractivity contribution in [1.29, 1.82) is 0 Å². The summed E-state index contributed by atoms with van der Waals surface area (Å²) in [5, 5.41) is 5.38. The van der Waals surface area contributed by atoms with Gasteiger partial charge in [0.25, 0.3) is 10.0 Å². The van der Waals surface area contributed by atoms with E-state index in [0.29, 0.717) is 17.6 Å². The van der Waals surface area contributed by atoms with Crippen LogP contribution >= 0.6 is 22.9 Å². The molecule has 2 fully saturated rings. The largest absolute Gasteiger partial charge is 0.379 e. The summed E-state index contributed by atoms with van der Waals surface area (Å²) < 4.78 is 42.1. The molecule has 0 amide bonds. The molecule has 4 rings (SSSR count). The molecule has 2 N–H and O–H groups in total. The van der Waals surface area contributed by atoms with Crippen LogP contribution in [-0.4, -0.2) is 44.5 Å². The number of nitrogens with zero attached hydrogens (tertiary/aromatic N) is 2. The minimum absolute atomic E-state index is 0.138. The molecule has 2 aliphatic rings. The molecule has 0 unspecified atom stereocenters. The van der Waals surface area contributed by atoms with E-state index in [2.05, 4.69) is 34.0 Å². The highest BCUT2D eigenvalue weighted by molar-refractivity contribution is 7.93. The molecule has 6 nitrogen and oxygen atoms in total. The van der Waals surface area contributed by atoms with Crippen molar-refractivity contribution in [1.82, 2.24) is 9.88 Å². The lowest BCUT2D eigenvalue weighted by atomic mass is 9.62. The molecule has 2 saturated carbocycles. The third-order valence-electron chi connectivity index (χ3n) is 6.11. The lowest BCUT2D eigenvalue weighted by molar-refractivity contribution is 0.0510. The van der Waals surface area contributed by atoms with Gasteiger partial charge in [-0.2, -0.15) is 0 Å². The van der Waals surface area contributed by atoms with Gasteiger partial charge in [0.1, 0.15) is 10.7 Å². The van der Waals surface area contributed by atoms with Crippen LogP contribution in [-0.2, 0) is 10.0 Å². The molecule has 0 bridgehead atoms. The highest BCUT2D eigenvalue weighted by Gasteiger charge is 2.42. The molecule has 29 heavy (non-hydrogen) atoms. The Balaban J connectivity index is 1.57. The Bertz CT molecular complexity index is 984. The van der Waals surface area contributed by atoms with Crippen LogP contribution in [0.15, 0.2) is 28.6 Å². The number of likely N-dealkylation sites (N-methyl/N-ethyl adjacent to an activating group) is 1. The van der Waals surface area contributed by atoms with E-state index in [1.54, 1.807) is 5.38 Å². The fourth-order valence-corrected chi connectivity index (χ4v) is 6.59. The third kappa shape index (κ3) is 4.23. The lowest BCUT2D eigenvalue weighted by Gasteiger charge is -2.50. The number of benzene rings is 1. The maximum absolute atomic E-state index is 14.8. The smallest absolute Gasteiger partial charge is 0.266 e. The van der Waals surface area contributed by atoms with Gasteiger partial charge >= 0.3 is 0 Å². The van der Waals surface area contributed by atoms with E-state index in [1.807, 2.05) is 0 Å². The van der Waals surface area contributed by atoms with Crippen LogP contribution in [0.2, 0.25) is 5.02 Å². The summed E-state index contributed by atoms with van der Waals surface area (Å²) >= 11 is 7.48. The lowest BCUT2D eigenvalue weighted by Crippen LogP contribution is -2.52. The first-order chi connectivity index (χ1) is 13.7. The second-order valence-corrected chi connectivity index (χ2v) is 11.0. The number of hydrogen-bond donors (Lipinski definition) is 2. The van der Waals surface area contributed by atoms with Crippen LogP contribution in [0.5, 0.6) is 0 Å². The number of fused-ring (bicyclic) bond motifs is 1. The highest BCUT2D eigenvalue weighted by atomic mass is 35.5. The first-order valence-electron chi connectivity index (χ1n) is 9.59. The summed E-state index contributed by atoms with van der Waals surface area (Å²) in [5.74, 6) is 0.631. The van der Waals surface area contributed by atoms with Gasteiger partial charge in [-0.05, 0) is 63.7 Å². The van der Waals surface area contributed by atoms with Gasteiger partial charge in [0.2, 0.25) is 0 Å². The van der Waals surface area contributed by atoms with Crippen molar-refractivity contribution < 1.29 is 12.8 Å². The first-order valence-corrected chi connectivity index (χ1v) is 12.3. The predicted octanol–water partition coefficient (Wildman–Crippen LogP) is 4.27. The molecule has 0 radical (unpaired) electrons. The summed E-state index contributed by atoms with van der Waals surface area (Å²) in [7, 11) is -0.00285. The molecule has 2 aliphatic carbocycles. The standard InChI is InChI=1S/C19H24ClFN4O2S2/c1-25(2)17-8-12-4-3-11(12)7-16(17)23-15-10-14(21)18(9-13(15)20)29(26,27)24-19-22-5-6-28-19/h5-6,9-12,16-17,23H,3-4,7-8H2,1-2H3,(H,22,24)/t11-,12+,16-,17-/m1/s1. The Morgan fingerprint density at radius 1 is 1.24 bits per heavy atom. The van der Waals surface area contributed by atoms with Crippen molar-refractivity contribution in [3.05, 3.63) is 34.5 Å². The highest BCUT2D eigenvalue weighted by Crippen LogP contribution is 2.46. The molecule has 0 aliphatic heterocycles. The van der Waals surface area contributed by atoms with Crippen molar-refractivity contribution in [2.24, 2.45) is 11.8 Å². The minimum atomic E-state index is -4.11. The summed E-state index contributed by atoms with van der Waals surface area (Å²) in [5.41, 5.74) is 0.423. The molecule has 1 aromatic carbocycles. The van der Waals surface area contributed by atoms with Gasteiger partial charge < -0.3 is 10.2 Å². The summed E-state index contributed by atoms with van der Waals surface area (Å²) in [4.78, 5) is 5.58. The Kier molecular flexibility index (Phi) is 5.76. The second kappa shape index (κ2) is 8.02. The number of rotatable bonds is 6. The SMILES string of the molecule is CN(C)[C@@H]1C[C@@H]2CC[C@@H]2C[C@H]1Nc1cc(F)c(S(=O)(=O)Nc2nccs2)cc1Cl. The molecular formula is C19H24ClFN4O2S2. The summed E-state index contributed by atoms with van der Waals surface area (Å²) in [6, 6.07) is 2.80. The van der Waals surface area contributed by atoms with Crippen molar-refractivity contribution in [3.8, 4) is 0 Å². The average molecular weight is 459 g/mol. The van der Waals surface area contributed by atoms with E-state index in [-0.39, 0.29) is 16.2 Å². The Labute approximate surface area is 179 Å². The van der Waals surface area contributed by atoms with Crippen LogP contribution < -0.4 is 10.0 Å². The maximum atomic E-state index is 14.8. The van der Waals surface area contributed by atoms with E-state index in [4.69, 9.17) is 11.6 Å². The van der Waals surface area contributed by atoms with Crippen molar-refractivity contribution >= 4 is 43.8 Å². The Morgan fingerprint density at radius 3 is 2.59 bits per heavy atom. The summed E-state index contributed by atoms with van der Waals surface area (Å²) in [6.07, 6.45) is 6.12. The molecule has 0 spiro atoms. The zero-order valence-corrected chi connectivity index (χ0v) is 18.6. The maximum Gasteiger partial charge on any atom is 0.266 e. The molecule has 0 saturated heterocycles. The first kappa shape index (κ1) is 20.8. The number of thiazole rings is 1. The number of aromatic nitrogens is 1. The average Bonchev–Trinajstić information content (AvgIpc) is 3.12. The van der Waals surface area contributed by atoms with Gasteiger partial charge in [-0.25, -0.2) is 17.8 Å². The van der Waals surface area contributed by atoms with Gasteiger partial charge in [-0.3, -0.25) is 4.72 Å². The van der Waals surface area contributed by atoms with Crippen molar-refractivity contribution in [3.63, 3.8) is 0 Å². The van der Waals surface area contributed by atoms with Crippen molar-refractivity contribution in [2.45, 2.75) is 42.7 Å². The van der Waals surface area contributed by atoms with E-state index in [0.717, 1.165) is 36.2 Å². The van der Waals surface area contributed by atoms with E-state index in [9.17, 15) is 12.8 Å². The monoisotopic (exact) mass is 458 g/mol. The molecule has 158 valence electrons. The van der Waals surface area contributed by atoms with Crippen LogP contribution in [0.4, 0.5) is 15.2 Å². The summed E-state index contributed by atoms with van der Waals surface area (Å²) in [6.45, 7) is 0. The Hall–Kier alpha value is -1.42. The van der Waals surface area contributed by atoms with E-state index < -0.39 is 20.7 Å². The zero-order valence-electron chi connectivity index (χ0n) is 16.2. The van der Waals surface area contributed by atoms with Gasteiger partial charge in [0, 0.05) is 23.7 Å². The molecule has 4 atom stereocenters. The topological polar surface area (TPSA) is 74.3 Å². The van der Waals surface area contributed by atoms with E-state index in [1.165, 1.54) is 25.1 Å². The fraction of sp³-hybridized carbons (Fsp3) is 0.526. The quantitative estimate of drug-likeness (QED) is 0.676. The number of hydrogen-bond acceptors (Lipinski definition) is 6. The fourth-order valence-electron chi connectivity index (χ4n) is 4.43. The second-order valence-electron chi connectivity index (χ2n) is 8.06. The Morgan fingerprint density at radius 2 is 1.97 bits per heavy atom. The molecule has 1 aromatic heterocycles. The normalized spacial score (nSPS) is 26.7. The van der Waals surface area contributed by atoms with Crippen LogP contribution in [0, 0.1) is 17.7 Å². The van der Waals surface area contributed by atoms with Gasteiger partial charge in [0.15, 0.2) is 5.13 Å². The number of halogens is 2. The molecular weight excluding hydrogens is 435 g/mol. The minimum Gasteiger partial charge on any atom is -0.379 e. The van der Waals surface area contributed by atoms with Crippen LogP contribution in [0.3, 0.4) is 0 Å². The van der Waals surface area contributed by atoms with Gasteiger partial charge in [-0.1, -0.05) is 11.6 Å².